The van der Waals surface area contributed by atoms with Gasteiger partial charge in [0.1, 0.15) is 12.2 Å². The van der Waals surface area contributed by atoms with Crippen LogP contribution in [0.1, 0.15) is 0 Å². The summed E-state index contributed by atoms with van der Waals surface area (Å²) in [5, 5.41) is 34.3. The van der Waals surface area contributed by atoms with Crippen molar-refractivity contribution in [2.45, 2.75) is 12.2 Å². The van der Waals surface area contributed by atoms with Gasteiger partial charge >= 0.3 is 7.82 Å². The van der Waals surface area contributed by atoms with Crippen molar-refractivity contribution >= 4 is 37.4 Å². The Morgan fingerprint density at radius 1 is 1.00 bits per heavy atom. The van der Waals surface area contributed by atoms with Crippen molar-refractivity contribution in [3.63, 3.8) is 0 Å². The molecule has 0 aromatic heterocycles. The molecule has 1 radical (unpaired) electrons. The number of hydrogen-bond acceptors (Lipinski definition) is 7. The minimum absolute atomic E-state index is 0. The van der Waals surface area contributed by atoms with Crippen molar-refractivity contribution in [2.24, 2.45) is 0 Å². The number of aliphatic hydroxyl groups is 4. The maximum absolute atomic E-state index is 11.0. The zero-order valence-electron chi connectivity index (χ0n) is 8.89. The first-order chi connectivity index (χ1) is 6.91. The van der Waals surface area contributed by atoms with Crippen molar-refractivity contribution in [3.05, 3.63) is 0 Å². The number of phosphoric acid groups is 1. The Balaban J connectivity index is 0. The number of hydrogen-bond donors (Lipinski definition) is 5. The van der Waals surface area contributed by atoms with E-state index in [1.165, 1.54) is 0 Å². The second-order valence-corrected chi connectivity index (χ2v) is 4.19. The summed E-state index contributed by atoms with van der Waals surface area (Å²) in [5.74, 6) is 0. The van der Waals surface area contributed by atoms with Gasteiger partial charge in [-0.25, -0.2) is 4.57 Å². The average Bonchev–Trinajstić information content (AvgIpc) is 2.22. The van der Waals surface area contributed by atoms with E-state index in [0.717, 1.165) is 0 Å². The molecule has 0 bridgehead atoms. The van der Waals surface area contributed by atoms with E-state index in [1.807, 2.05) is 0 Å². The number of phosphoric ester groups is 1. The van der Waals surface area contributed by atoms with Crippen molar-refractivity contribution in [1.29, 1.82) is 0 Å². The molecule has 0 aliphatic rings. The van der Waals surface area contributed by atoms with Gasteiger partial charge in [-0.05, 0) is 0 Å². The van der Waals surface area contributed by atoms with E-state index >= 15 is 0 Å². The van der Waals surface area contributed by atoms with E-state index in [1.54, 1.807) is 0 Å². The van der Waals surface area contributed by atoms with Gasteiger partial charge < -0.3 is 25.3 Å². The predicted molar refractivity (Wildman–Crippen MR) is 53.7 cm³/mol. The number of aliphatic hydroxyl groups excluding tert-OH is 4. The van der Waals surface area contributed by atoms with E-state index in [-0.39, 0.29) is 29.6 Å². The molecule has 0 aromatic rings. The summed E-state index contributed by atoms with van der Waals surface area (Å²) in [6.07, 6.45) is -2.56. The normalized spacial score (nSPS) is 18.3. The molecule has 0 aromatic carbocycles. The van der Waals surface area contributed by atoms with Gasteiger partial charge in [-0.2, -0.15) is 0 Å². The largest absolute Gasteiger partial charge is 0.472 e. The van der Waals surface area contributed by atoms with E-state index in [0.29, 0.717) is 0 Å². The molecular weight excluding hydrogens is 254 g/mol. The van der Waals surface area contributed by atoms with Crippen LogP contribution in [-0.4, -0.2) is 93.5 Å². The third-order valence-electron chi connectivity index (χ3n) is 1.28. The Labute approximate surface area is 115 Å². The van der Waals surface area contributed by atoms with Crippen LogP contribution >= 0.6 is 7.82 Å². The van der Waals surface area contributed by atoms with Crippen molar-refractivity contribution in [3.8, 4) is 0 Å². The van der Waals surface area contributed by atoms with Gasteiger partial charge in [-0.1, -0.05) is 0 Å². The van der Waals surface area contributed by atoms with Gasteiger partial charge in [0.05, 0.1) is 26.4 Å². The summed E-state index contributed by atoms with van der Waals surface area (Å²) >= 11 is 0. The maximum atomic E-state index is 11.0. The van der Waals surface area contributed by atoms with Gasteiger partial charge in [0.15, 0.2) is 0 Å². The first kappa shape index (κ1) is 19.3. The molecule has 8 nitrogen and oxygen atoms in total. The summed E-state index contributed by atoms with van der Waals surface area (Å²) in [5.41, 5.74) is 0. The monoisotopic (exact) mass is 269 g/mol. The summed E-state index contributed by atoms with van der Waals surface area (Å²) in [6.45, 7) is -2.36. The van der Waals surface area contributed by atoms with Crippen molar-refractivity contribution < 1.29 is 38.9 Å². The van der Waals surface area contributed by atoms with Crippen LogP contribution in [0.4, 0.5) is 0 Å². The smallest absolute Gasteiger partial charge is 0.394 e. The van der Waals surface area contributed by atoms with Gasteiger partial charge in [-0.3, -0.25) is 9.05 Å². The second-order valence-electron chi connectivity index (χ2n) is 2.73. The number of rotatable bonds is 8. The molecule has 5 N–H and O–H groups in total. The fourth-order valence-electron chi connectivity index (χ4n) is 0.503. The minimum Gasteiger partial charge on any atom is -0.394 e. The average molecular weight is 269 g/mol. The van der Waals surface area contributed by atoms with Crippen LogP contribution in [0.3, 0.4) is 0 Å². The first-order valence-electron chi connectivity index (χ1n) is 4.11. The molecule has 93 valence electrons. The second kappa shape index (κ2) is 9.93. The van der Waals surface area contributed by atoms with E-state index in [4.69, 9.17) is 25.3 Å². The molecule has 0 aliphatic heterocycles. The molecule has 2 unspecified atom stereocenters. The molecule has 0 saturated carbocycles. The molecule has 0 rings (SSSR count). The Morgan fingerprint density at radius 2 is 1.31 bits per heavy atom. The maximum Gasteiger partial charge on any atom is 0.472 e. The first-order valence-corrected chi connectivity index (χ1v) is 5.60. The van der Waals surface area contributed by atoms with E-state index in [9.17, 15) is 4.57 Å². The van der Waals surface area contributed by atoms with E-state index in [2.05, 4.69) is 9.05 Å². The van der Waals surface area contributed by atoms with Crippen LogP contribution in [0.15, 0.2) is 0 Å². The summed E-state index contributed by atoms with van der Waals surface area (Å²) < 4.78 is 19.5. The molecular formula is C6H15NaO8P. The Kier molecular flexibility index (Phi) is 12.0. The zero-order chi connectivity index (χ0) is 11.9. The zero-order valence-corrected chi connectivity index (χ0v) is 11.8. The predicted octanol–water partition coefficient (Wildman–Crippen LogP) is -2.55. The molecule has 10 heteroatoms. The van der Waals surface area contributed by atoms with Crippen LogP contribution in [0.2, 0.25) is 0 Å². The van der Waals surface area contributed by atoms with Crippen molar-refractivity contribution in [2.75, 3.05) is 26.4 Å². The van der Waals surface area contributed by atoms with Crippen LogP contribution in [0.5, 0.6) is 0 Å². The quantitative estimate of drug-likeness (QED) is 0.240. The third-order valence-corrected chi connectivity index (χ3v) is 2.23. The molecule has 0 saturated heterocycles. The fraction of sp³-hybridized carbons (Fsp3) is 1.00. The summed E-state index contributed by atoms with van der Waals surface area (Å²) in [4.78, 5) is 8.93. The van der Waals surface area contributed by atoms with Crippen LogP contribution < -0.4 is 0 Å². The Hall–Kier alpha value is 0.950. The minimum atomic E-state index is -4.37. The van der Waals surface area contributed by atoms with E-state index < -0.39 is 46.5 Å². The fourth-order valence-corrected chi connectivity index (χ4v) is 1.30. The van der Waals surface area contributed by atoms with Crippen LogP contribution in [-0.2, 0) is 13.6 Å². The Bertz CT molecular complexity index is 197. The van der Waals surface area contributed by atoms with Crippen molar-refractivity contribution in [1.82, 2.24) is 0 Å². The van der Waals surface area contributed by atoms with Gasteiger partial charge in [0.25, 0.3) is 0 Å². The molecule has 0 amide bonds. The molecule has 0 spiro atoms. The topological polar surface area (TPSA) is 137 Å². The molecule has 0 heterocycles. The Morgan fingerprint density at radius 3 is 1.56 bits per heavy atom. The summed E-state index contributed by atoms with van der Waals surface area (Å²) in [7, 11) is -4.37. The summed E-state index contributed by atoms with van der Waals surface area (Å²) in [6, 6.07) is 0. The molecule has 16 heavy (non-hydrogen) atoms. The van der Waals surface area contributed by atoms with Gasteiger partial charge in [-0.15, -0.1) is 0 Å². The van der Waals surface area contributed by atoms with Crippen LogP contribution in [0, 0.1) is 0 Å². The molecule has 0 fully saturated rings. The van der Waals surface area contributed by atoms with Crippen LogP contribution in [0.25, 0.3) is 0 Å². The molecule has 2 atom stereocenters. The third kappa shape index (κ3) is 10.1. The SMILES string of the molecule is O=P(O)(OCC(O)CO)OCC(O)CO.[Na]. The standard InChI is InChI=1S/C6H15O8P.Na/c7-1-5(9)3-13-15(11,12)14-4-6(10)2-8;/h5-10H,1-4H2,(H,11,12);. The molecule has 0 aliphatic carbocycles. The van der Waals surface area contributed by atoms with Gasteiger partial charge in [0.2, 0.25) is 0 Å². The van der Waals surface area contributed by atoms with Gasteiger partial charge in [0, 0.05) is 29.6 Å².